The topological polar surface area (TPSA) is 46.5 Å². The SMILES string of the molecule is CC(C)[C@H]1CC[C@@H](C)C[C@@H]1OC(=O)[C@H](O)c1ccccc1. The van der Waals surface area contributed by atoms with Crippen LogP contribution in [0.5, 0.6) is 0 Å². The van der Waals surface area contributed by atoms with Crippen LogP contribution < -0.4 is 0 Å². The van der Waals surface area contributed by atoms with Crippen LogP contribution in [0.15, 0.2) is 30.3 Å². The highest BCUT2D eigenvalue weighted by Gasteiger charge is 2.34. The van der Waals surface area contributed by atoms with Crippen LogP contribution in [-0.4, -0.2) is 17.2 Å². The normalized spacial score (nSPS) is 27.4. The van der Waals surface area contributed by atoms with Gasteiger partial charge >= 0.3 is 5.97 Å². The van der Waals surface area contributed by atoms with E-state index in [4.69, 9.17) is 4.74 Å². The lowest BCUT2D eigenvalue weighted by atomic mass is 9.75. The van der Waals surface area contributed by atoms with Gasteiger partial charge in [0.25, 0.3) is 0 Å². The molecule has 0 aliphatic heterocycles. The van der Waals surface area contributed by atoms with Crippen LogP contribution in [0, 0.1) is 17.8 Å². The minimum Gasteiger partial charge on any atom is -0.460 e. The van der Waals surface area contributed by atoms with E-state index >= 15 is 0 Å². The molecule has 1 fully saturated rings. The van der Waals surface area contributed by atoms with Gasteiger partial charge in [-0.15, -0.1) is 0 Å². The molecule has 1 aliphatic rings. The highest BCUT2D eigenvalue weighted by molar-refractivity contribution is 5.76. The van der Waals surface area contributed by atoms with E-state index in [0.29, 0.717) is 23.3 Å². The summed E-state index contributed by atoms with van der Waals surface area (Å²) in [5.41, 5.74) is 0.590. The number of hydrogen-bond donors (Lipinski definition) is 1. The quantitative estimate of drug-likeness (QED) is 0.860. The van der Waals surface area contributed by atoms with Gasteiger partial charge in [-0.2, -0.15) is 0 Å². The molecule has 1 N–H and O–H groups in total. The van der Waals surface area contributed by atoms with Crippen molar-refractivity contribution in [1.82, 2.24) is 0 Å². The lowest BCUT2D eigenvalue weighted by molar-refractivity contribution is -0.166. The van der Waals surface area contributed by atoms with Crippen molar-refractivity contribution in [3.8, 4) is 0 Å². The maximum Gasteiger partial charge on any atom is 0.339 e. The molecule has 0 heterocycles. The third-order valence-corrected chi connectivity index (χ3v) is 4.57. The van der Waals surface area contributed by atoms with Crippen LogP contribution in [0.1, 0.15) is 51.7 Å². The van der Waals surface area contributed by atoms with Crippen molar-refractivity contribution in [3.63, 3.8) is 0 Å². The molecule has 0 radical (unpaired) electrons. The Morgan fingerprint density at radius 1 is 1.24 bits per heavy atom. The Morgan fingerprint density at radius 2 is 1.90 bits per heavy atom. The summed E-state index contributed by atoms with van der Waals surface area (Å²) in [6, 6.07) is 8.97. The molecule has 3 nitrogen and oxygen atoms in total. The third kappa shape index (κ3) is 4.07. The molecule has 0 saturated heterocycles. The van der Waals surface area contributed by atoms with Crippen molar-refractivity contribution < 1.29 is 14.6 Å². The summed E-state index contributed by atoms with van der Waals surface area (Å²) >= 11 is 0. The molecule has 4 atom stereocenters. The Labute approximate surface area is 127 Å². The molecule has 0 aromatic heterocycles. The number of benzene rings is 1. The molecule has 2 rings (SSSR count). The predicted molar refractivity (Wildman–Crippen MR) is 82.6 cm³/mol. The first-order valence-corrected chi connectivity index (χ1v) is 7.92. The summed E-state index contributed by atoms with van der Waals surface area (Å²) in [5, 5.41) is 10.1. The van der Waals surface area contributed by atoms with E-state index < -0.39 is 12.1 Å². The molecular formula is C18H26O3. The van der Waals surface area contributed by atoms with Crippen molar-refractivity contribution in [2.45, 2.75) is 52.2 Å². The lowest BCUT2D eigenvalue weighted by Crippen LogP contribution is -2.37. The van der Waals surface area contributed by atoms with Crippen molar-refractivity contribution in [2.24, 2.45) is 17.8 Å². The Morgan fingerprint density at radius 3 is 2.52 bits per heavy atom. The Balaban J connectivity index is 2.02. The van der Waals surface area contributed by atoms with E-state index in [0.717, 1.165) is 12.8 Å². The summed E-state index contributed by atoms with van der Waals surface area (Å²) in [6.45, 7) is 6.55. The largest absolute Gasteiger partial charge is 0.460 e. The molecule has 0 spiro atoms. The molecule has 1 saturated carbocycles. The number of hydrogen-bond acceptors (Lipinski definition) is 3. The van der Waals surface area contributed by atoms with Gasteiger partial charge < -0.3 is 9.84 Å². The monoisotopic (exact) mass is 290 g/mol. The van der Waals surface area contributed by atoms with E-state index in [1.165, 1.54) is 6.42 Å². The van der Waals surface area contributed by atoms with Crippen molar-refractivity contribution >= 4 is 5.97 Å². The maximum absolute atomic E-state index is 12.2. The predicted octanol–water partition coefficient (Wildman–Crippen LogP) is 3.72. The number of aliphatic hydroxyl groups is 1. The second-order valence-electron chi connectivity index (χ2n) is 6.61. The van der Waals surface area contributed by atoms with Crippen LogP contribution >= 0.6 is 0 Å². The average molecular weight is 290 g/mol. The second kappa shape index (κ2) is 7.08. The van der Waals surface area contributed by atoms with Crippen molar-refractivity contribution in [1.29, 1.82) is 0 Å². The molecule has 3 heteroatoms. The Hall–Kier alpha value is -1.35. The number of carbonyl (C=O) groups excluding carboxylic acids is 1. The summed E-state index contributed by atoms with van der Waals surface area (Å²) < 4.78 is 5.66. The molecule has 1 aliphatic carbocycles. The Bertz CT molecular complexity index is 455. The van der Waals surface area contributed by atoms with Gasteiger partial charge in [-0.1, -0.05) is 57.5 Å². The minimum absolute atomic E-state index is 0.0698. The number of ether oxygens (including phenoxy) is 1. The highest BCUT2D eigenvalue weighted by Crippen LogP contribution is 2.36. The van der Waals surface area contributed by atoms with E-state index in [-0.39, 0.29) is 6.10 Å². The van der Waals surface area contributed by atoms with E-state index in [9.17, 15) is 9.90 Å². The summed E-state index contributed by atoms with van der Waals surface area (Å²) in [6.07, 6.45) is 1.93. The fourth-order valence-corrected chi connectivity index (χ4v) is 3.24. The Kier molecular flexibility index (Phi) is 5.40. The first-order chi connectivity index (χ1) is 9.99. The zero-order valence-corrected chi connectivity index (χ0v) is 13.2. The van der Waals surface area contributed by atoms with Gasteiger partial charge in [-0.05, 0) is 36.2 Å². The van der Waals surface area contributed by atoms with Gasteiger partial charge in [0.1, 0.15) is 6.10 Å². The average Bonchev–Trinajstić information content (AvgIpc) is 2.47. The first-order valence-electron chi connectivity index (χ1n) is 7.92. The van der Waals surface area contributed by atoms with Crippen LogP contribution in [0.25, 0.3) is 0 Å². The number of aliphatic hydroxyl groups excluding tert-OH is 1. The molecule has 0 amide bonds. The fraction of sp³-hybridized carbons (Fsp3) is 0.611. The number of esters is 1. The van der Waals surface area contributed by atoms with Crippen LogP contribution in [-0.2, 0) is 9.53 Å². The highest BCUT2D eigenvalue weighted by atomic mass is 16.6. The minimum atomic E-state index is -1.18. The van der Waals surface area contributed by atoms with Crippen LogP contribution in [0.4, 0.5) is 0 Å². The van der Waals surface area contributed by atoms with Gasteiger partial charge in [0.15, 0.2) is 6.10 Å². The van der Waals surface area contributed by atoms with Crippen molar-refractivity contribution in [2.75, 3.05) is 0 Å². The van der Waals surface area contributed by atoms with E-state index in [2.05, 4.69) is 20.8 Å². The molecule has 1 aromatic rings. The summed E-state index contributed by atoms with van der Waals surface area (Å²) in [5.74, 6) is 0.940. The summed E-state index contributed by atoms with van der Waals surface area (Å²) in [7, 11) is 0. The molecule has 0 bridgehead atoms. The lowest BCUT2D eigenvalue weighted by Gasteiger charge is -2.37. The van der Waals surface area contributed by atoms with Gasteiger partial charge in [0, 0.05) is 0 Å². The third-order valence-electron chi connectivity index (χ3n) is 4.57. The van der Waals surface area contributed by atoms with E-state index in [1.54, 1.807) is 12.1 Å². The molecule has 1 aromatic carbocycles. The number of rotatable bonds is 4. The van der Waals surface area contributed by atoms with Gasteiger partial charge in [-0.25, -0.2) is 4.79 Å². The first kappa shape index (κ1) is 16.0. The van der Waals surface area contributed by atoms with E-state index in [1.807, 2.05) is 18.2 Å². The molecule has 21 heavy (non-hydrogen) atoms. The van der Waals surface area contributed by atoms with Gasteiger partial charge in [-0.3, -0.25) is 0 Å². The molecular weight excluding hydrogens is 264 g/mol. The smallest absolute Gasteiger partial charge is 0.339 e. The number of carbonyl (C=O) groups is 1. The maximum atomic E-state index is 12.2. The van der Waals surface area contributed by atoms with Gasteiger partial charge in [0.2, 0.25) is 0 Å². The second-order valence-corrected chi connectivity index (χ2v) is 6.61. The van der Waals surface area contributed by atoms with Crippen LogP contribution in [0.3, 0.4) is 0 Å². The molecule has 116 valence electrons. The van der Waals surface area contributed by atoms with Gasteiger partial charge in [0.05, 0.1) is 0 Å². The van der Waals surface area contributed by atoms with Crippen LogP contribution in [0.2, 0.25) is 0 Å². The fourth-order valence-electron chi connectivity index (χ4n) is 3.24. The standard InChI is InChI=1S/C18H26O3/c1-12(2)15-10-9-13(3)11-16(15)21-18(20)17(19)14-7-5-4-6-8-14/h4-8,12-13,15-17,19H,9-11H2,1-3H3/t13-,15-,16+,17-/m1/s1. The zero-order chi connectivity index (χ0) is 15.4. The zero-order valence-electron chi connectivity index (χ0n) is 13.2. The van der Waals surface area contributed by atoms with Crippen molar-refractivity contribution in [3.05, 3.63) is 35.9 Å². The summed E-state index contributed by atoms with van der Waals surface area (Å²) in [4.78, 5) is 12.2. The molecule has 0 unspecified atom stereocenters.